The number of aryl methyl sites for hydroxylation is 1. The lowest BCUT2D eigenvalue weighted by Gasteiger charge is -2.28. The van der Waals surface area contributed by atoms with Crippen LogP contribution in [0.3, 0.4) is 0 Å². The molecule has 1 aliphatic rings. The van der Waals surface area contributed by atoms with E-state index in [-0.39, 0.29) is 11.3 Å². The highest BCUT2D eigenvalue weighted by molar-refractivity contribution is 6.05. The Hall–Kier alpha value is -2.93. The van der Waals surface area contributed by atoms with Gasteiger partial charge in [-0.2, -0.15) is 5.10 Å². The van der Waals surface area contributed by atoms with Crippen molar-refractivity contribution in [2.45, 2.75) is 33.0 Å². The summed E-state index contributed by atoms with van der Waals surface area (Å²) < 4.78 is 1.83. The van der Waals surface area contributed by atoms with Crippen LogP contribution in [0.15, 0.2) is 35.1 Å². The van der Waals surface area contributed by atoms with Gasteiger partial charge in [-0.05, 0) is 32.0 Å². The summed E-state index contributed by atoms with van der Waals surface area (Å²) in [6.07, 6.45) is -0.636. The quantitative estimate of drug-likeness (QED) is 0.735. The number of carbonyl (C=O) groups is 1. The third-order valence-electron chi connectivity index (χ3n) is 4.76. The Kier molecular flexibility index (Phi) is 3.88. The zero-order valence-electron chi connectivity index (χ0n) is 14.7. The average molecular weight is 352 g/mol. The molecule has 7 heteroatoms. The van der Waals surface area contributed by atoms with Gasteiger partial charge in [-0.3, -0.25) is 14.3 Å². The second-order valence-electron chi connectivity index (χ2n) is 6.73. The number of carbonyl (C=O) groups excluding carboxylic acids is 1. The molecule has 0 spiro atoms. The summed E-state index contributed by atoms with van der Waals surface area (Å²) in [6.45, 7) is 5.00. The van der Waals surface area contributed by atoms with Crippen molar-refractivity contribution in [3.8, 4) is 0 Å². The minimum Gasteiger partial charge on any atom is -0.387 e. The van der Waals surface area contributed by atoms with Crippen molar-refractivity contribution in [2.75, 3.05) is 6.54 Å². The van der Waals surface area contributed by atoms with Crippen molar-refractivity contribution in [1.82, 2.24) is 19.7 Å². The number of benzene rings is 1. The molecule has 1 atom stereocenters. The fourth-order valence-electron chi connectivity index (χ4n) is 3.41. The molecule has 0 saturated heterocycles. The van der Waals surface area contributed by atoms with Crippen molar-refractivity contribution < 1.29 is 9.90 Å². The highest BCUT2D eigenvalue weighted by atomic mass is 16.3. The Morgan fingerprint density at radius 1 is 1.31 bits per heavy atom. The summed E-state index contributed by atoms with van der Waals surface area (Å²) in [5, 5.41) is 14.6. The van der Waals surface area contributed by atoms with Gasteiger partial charge in [0.15, 0.2) is 5.43 Å². The minimum absolute atomic E-state index is 0.0933. The smallest absolute Gasteiger partial charge is 0.256 e. The molecule has 0 radical (unpaired) electrons. The standard InChI is InChI=1S/C19H20N4O3/c1-11-8-17(25)14-4-3-5-15(18(14)20-11)19(26)22-6-7-23-13(10-22)9-16(21-23)12(2)24/h3-5,8-9,12,24H,6-7,10H2,1-2H3,(H,20,25)/t12-/m0/s1. The molecular formula is C19H20N4O3. The van der Waals surface area contributed by atoms with Crippen LogP contribution in [0.25, 0.3) is 10.9 Å². The maximum atomic E-state index is 13.1. The molecule has 3 aromatic rings. The van der Waals surface area contributed by atoms with Gasteiger partial charge in [0.2, 0.25) is 0 Å². The van der Waals surface area contributed by atoms with Gasteiger partial charge in [-0.25, -0.2) is 0 Å². The second kappa shape index (κ2) is 6.10. The lowest BCUT2D eigenvalue weighted by atomic mass is 10.1. The van der Waals surface area contributed by atoms with E-state index in [0.29, 0.717) is 41.8 Å². The molecule has 7 nitrogen and oxygen atoms in total. The Balaban J connectivity index is 1.70. The van der Waals surface area contributed by atoms with Crippen LogP contribution < -0.4 is 5.43 Å². The van der Waals surface area contributed by atoms with Crippen LogP contribution in [0.1, 0.15) is 40.5 Å². The van der Waals surface area contributed by atoms with Gasteiger partial charge in [0.25, 0.3) is 5.91 Å². The lowest BCUT2D eigenvalue weighted by molar-refractivity contribution is 0.0707. The van der Waals surface area contributed by atoms with Crippen molar-refractivity contribution in [1.29, 1.82) is 0 Å². The van der Waals surface area contributed by atoms with Crippen molar-refractivity contribution in [2.24, 2.45) is 0 Å². The molecule has 0 fully saturated rings. The fraction of sp³-hybridized carbons (Fsp3) is 0.316. The molecule has 1 aromatic carbocycles. The highest BCUT2D eigenvalue weighted by Crippen LogP contribution is 2.22. The van der Waals surface area contributed by atoms with Crippen LogP contribution in [-0.2, 0) is 13.1 Å². The normalized spacial score (nSPS) is 15.1. The number of nitrogens with one attached hydrogen (secondary N) is 1. The number of nitrogens with zero attached hydrogens (tertiary/aromatic N) is 3. The van der Waals surface area contributed by atoms with E-state index in [4.69, 9.17) is 0 Å². The zero-order valence-corrected chi connectivity index (χ0v) is 14.7. The molecule has 2 N–H and O–H groups in total. The molecular weight excluding hydrogens is 332 g/mol. The predicted octanol–water partition coefficient (Wildman–Crippen LogP) is 1.74. The minimum atomic E-state index is -0.636. The Bertz CT molecular complexity index is 1060. The van der Waals surface area contributed by atoms with E-state index in [0.717, 1.165) is 11.4 Å². The average Bonchev–Trinajstić information content (AvgIpc) is 3.04. The number of para-hydroxylation sites is 1. The number of pyridine rings is 1. The summed E-state index contributed by atoms with van der Waals surface area (Å²) in [6, 6.07) is 8.57. The first-order chi connectivity index (χ1) is 12.4. The molecule has 26 heavy (non-hydrogen) atoms. The van der Waals surface area contributed by atoms with Gasteiger partial charge in [-0.1, -0.05) is 6.07 Å². The van der Waals surface area contributed by atoms with Crippen molar-refractivity contribution >= 4 is 16.8 Å². The molecule has 134 valence electrons. The number of hydrogen-bond donors (Lipinski definition) is 2. The number of aromatic nitrogens is 3. The molecule has 0 saturated carbocycles. The first kappa shape index (κ1) is 16.5. The molecule has 1 aliphatic heterocycles. The van der Waals surface area contributed by atoms with Crippen LogP contribution in [-0.4, -0.2) is 37.2 Å². The monoisotopic (exact) mass is 352 g/mol. The first-order valence-corrected chi connectivity index (χ1v) is 8.60. The number of amides is 1. The zero-order chi connectivity index (χ0) is 18.4. The molecule has 3 heterocycles. The second-order valence-corrected chi connectivity index (χ2v) is 6.73. The summed E-state index contributed by atoms with van der Waals surface area (Å²) in [5.41, 5.74) is 3.20. The van der Waals surface area contributed by atoms with Crippen molar-refractivity contribution in [3.05, 3.63) is 63.2 Å². The van der Waals surface area contributed by atoms with Gasteiger partial charge in [0.05, 0.1) is 41.7 Å². The lowest BCUT2D eigenvalue weighted by Crippen LogP contribution is -2.38. The number of rotatable bonds is 2. The van der Waals surface area contributed by atoms with Gasteiger partial charge in [0, 0.05) is 23.7 Å². The summed E-state index contributed by atoms with van der Waals surface area (Å²) in [5.74, 6) is -0.122. The Labute approximate surface area is 149 Å². The van der Waals surface area contributed by atoms with Gasteiger partial charge < -0.3 is 15.0 Å². The molecule has 2 aromatic heterocycles. The van der Waals surface area contributed by atoms with E-state index in [9.17, 15) is 14.7 Å². The number of aromatic amines is 1. The SMILES string of the molecule is Cc1cc(=O)c2cccc(C(=O)N3CCn4nc([C@H](C)O)cc4C3)c2[nH]1. The number of aliphatic hydroxyl groups excluding tert-OH is 1. The predicted molar refractivity (Wildman–Crippen MR) is 96.9 cm³/mol. The topological polar surface area (TPSA) is 91.2 Å². The maximum Gasteiger partial charge on any atom is 0.256 e. The number of H-pyrrole nitrogens is 1. The molecule has 1 amide bonds. The third-order valence-corrected chi connectivity index (χ3v) is 4.76. The Morgan fingerprint density at radius 2 is 2.12 bits per heavy atom. The van der Waals surface area contributed by atoms with Crippen LogP contribution in [0.2, 0.25) is 0 Å². The molecule has 4 rings (SSSR count). The van der Waals surface area contributed by atoms with E-state index >= 15 is 0 Å². The van der Waals surface area contributed by atoms with Gasteiger partial charge in [-0.15, -0.1) is 0 Å². The van der Waals surface area contributed by atoms with Crippen LogP contribution >= 0.6 is 0 Å². The summed E-state index contributed by atoms with van der Waals surface area (Å²) >= 11 is 0. The summed E-state index contributed by atoms with van der Waals surface area (Å²) in [4.78, 5) is 30.2. The number of fused-ring (bicyclic) bond motifs is 2. The van der Waals surface area contributed by atoms with Gasteiger partial charge in [0.1, 0.15) is 0 Å². The fourth-order valence-corrected chi connectivity index (χ4v) is 3.41. The number of aliphatic hydroxyl groups is 1. The third kappa shape index (κ3) is 2.70. The van der Waals surface area contributed by atoms with E-state index in [2.05, 4.69) is 10.1 Å². The molecule has 0 aliphatic carbocycles. The largest absolute Gasteiger partial charge is 0.387 e. The van der Waals surface area contributed by atoms with E-state index in [1.165, 1.54) is 6.07 Å². The van der Waals surface area contributed by atoms with Crippen LogP contribution in [0, 0.1) is 6.92 Å². The highest BCUT2D eigenvalue weighted by Gasteiger charge is 2.25. The van der Waals surface area contributed by atoms with Crippen molar-refractivity contribution in [3.63, 3.8) is 0 Å². The Morgan fingerprint density at radius 3 is 2.88 bits per heavy atom. The van der Waals surface area contributed by atoms with Crippen LogP contribution in [0.4, 0.5) is 0 Å². The van der Waals surface area contributed by atoms with E-state index < -0.39 is 6.10 Å². The molecule has 0 bridgehead atoms. The number of hydrogen-bond acceptors (Lipinski definition) is 4. The van der Waals surface area contributed by atoms with E-state index in [1.807, 2.05) is 10.7 Å². The molecule has 0 unspecified atom stereocenters. The van der Waals surface area contributed by atoms with Crippen LogP contribution in [0.5, 0.6) is 0 Å². The first-order valence-electron chi connectivity index (χ1n) is 8.60. The summed E-state index contributed by atoms with van der Waals surface area (Å²) in [7, 11) is 0. The maximum absolute atomic E-state index is 13.1. The van der Waals surface area contributed by atoms with E-state index in [1.54, 1.807) is 36.9 Å². The van der Waals surface area contributed by atoms with Gasteiger partial charge >= 0.3 is 0 Å².